The van der Waals surface area contributed by atoms with E-state index in [9.17, 15) is 0 Å². The Labute approximate surface area is 204 Å². The molecule has 0 unspecified atom stereocenters. The van der Waals surface area contributed by atoms with Crippen molar-refractivity contribution < 1.29 is 25.2 Å². The van der Waals surface area contributed by atoms with Crippen LogP contribution in [0.5, 0.6) is 0 Å². The fourth-order valence-electron chi connectivity index (χ4n) is 4.52. The van der Waals surface area contributed by atoms with E-state index in [1.54, 1.807) is 0 Å². The minimum absolute atomic E-state index is 0. The molecule has 6 heteroatoms. The van der Waals surface area contributed by atoms with Crippen molar-refractivity contribution in [1.29, 1.82) is 0 Å². The number of hydrogen-bond donors (Lipinski definition) is 0. The second kappa shape index (κ2) is 14.1. The van der Waals surface area contributed by atoms with E-state index in [0.29, 0.717) is 0 Å². The van der Waals surface area contributed by atoms with Gasteiger partial charge in [0.2, 0.25) is 0 Å². The van der Waals surface area contributed by atoms with Crippen LogP contribution in [0.1, 0.15) is 71.6 Å². The molecule has 0 N–H and O–H groups in total. The molecule has 0 atom stereocenters. The van der Waals surface area contributed by atoms with Crippen molar-refractivity contribution in [3.8, 4) is 0 Å². The second-order valence-corrected chi connectivity index (χ2v) is 17.8. The zero-order valence-corrected chi connectivity index (χ0v) is 23.5. The molecular formula is C24H48N2OPtSi2. The van der Waals surface area contributed by atoms with Gasteiger partial charge in [-0.25, -0.2) is 0 Å². The van der Waals surface area contributed by atoms with Gasteiger partial charge in [-0.05, 0) is 51.9 Å². The fraction of sp³-hybridized carbons (Fsp3) is 0.750. The standard InChI is InChI=1S/C15H26N2.C8H18OSi2.CH4.Pt/c1-3-7-14(8-4-1)16-11-12-17(13-16)15-9-5-2-6-10-15;1-7-10(3,4)9-11(5,6)8-2;;/h11-12,14-15H,1-10,13H2;7-8H,1-2H2,3-6H3;1H4;. The SMILES string of the molecule is C.C1=CN(C2CCCCC2)CN1C1CCCCC1.C=C[Si](C)(C)O[Si](C)(C)C=C.[Pt]. The van der Waals surface area contributed by atoms with E-state index >= 15 is 0 Å². The van der Waals surface area contributed by atoms with Crippen molar-refractivity contribution in [2.45, 2.75) is 110 Å². The van der Waals surface area contributed by atoms with Crippen LogP contribution in [0.25, 0.3) is 0 Å². The van der Waals surface area contributed by atoms with E-state index in [1.165, 1.54) is 70.9 Å². The van der Waals surface area contributed by atoms with E-state index in [1.807, 2.05) is 11.4 Å². The predicted molar refractivity (Wildman–Crippen MR) is 135 cm³/mol. The maximum absolute atomic E-state index is 5.97. The van der Waals surface area contributed by atoms with Gasteiger partial charge in [0.05, 0.1) is 6.67 Å². The van der Waals surface area contributed by atoms with Crippen LogP contribution >= 0.6 is 0 Å². The average molecular weight is 632 g/mol. The molecule has 0 aromatic rings. The molecule has 2 aliphatic carbocycles. The molecule has 2 fully saturated rings. The number of nitrogens with zero attached hydrogens (tertiary/aromatic N) is 2. The molecule has 3 aliphatic rings. The summed E-state index contributed by atoms with van der Waals surface area (Å²) in [5.41, 5.74) is 3.93. The first-order valence-corrected chi connectivity index (χ1v) is 17.4. The van der Waals surface area contributed by atoms with E-state index in [4.69, 9.17) is 4.12 Å². The van der Waals surface area contributed by atoms with Crippen LogP contribution in [0.3, 0.4) is 0 Å². The van der Waals surface area contributed by atoms with E-state index in [2.05, 4.69) is 61.5 Å². The van der Waals surface area contributed by atoms with Crippen molar-refractivity contribution in [2.24, 2.45) is 0 Å². The topological polar surface area (TPSA) is 15.7 Å². The van der Waals surface area contributed by atoms with Crippen molar-refractivity contribution in [3.05, 3.63) is 37.0 Å². The zero-order chi connectivity index (χ0) is 20.6. The van der Waals surface area contributed by atoms with Crippen LogP contribution in [0.2, 0.25) is 26.2 Å². The van der Waals surface area contributed by atoms with Gasteiger partial charge in [-0.3, -0.25) is 0 Å². The largest absolute Gasteiger partial charge is 0.449 e. The summed E-state index contributed by atoms with van der Waals surface area (Å²) < 4.78 is 5.97. The molecule has 0 amide bonds. The van der Waals surface area contributed by atoms with Crippen molar-refractivity contribution in [2.75, 3.05) is 6.67 Å². The van der Waals surface area contributed by atoms with Crippen LogP contribution in [0.15, 0.2) is 37.0 Å². The van der Waals surface area contributed by atoms with Gasteiger partial charge in [-0.1, -0.05) is 57.4 Å². The first-order chi connectivity index (χ1) is 13.3. The third-order valence-corrected chi connectivity index (χ3v) is 12.5. The maximum Gasteiger partial charge on any atom is 0.198 e. The van der Waals surface area contributed by atoms with E-state index < -0.39 is 16.6 Å². The summed E-state index contributed by atoms with van der Waals surface area (Å²) in [6.07, 6.45) is 19.1. The fourth-order valence-corrected chi connectivity index (χ4v) is 10.6. The molecule has 2 saturated carbocycles. The van der Waals surface area contributed by atoms with Gasteiger partial charge in [0, 0.05) is 45.5 Å². The Morgan fingerprint density at radius 3 is 1.37 bits per heavy atom. The quantitative estimate of drug-likeness (QED) is 0.289. The van der Waals surface area contributed by atoms with Crippen LogP contribution in [-0.2, 0) is 25.2 Å². The maximum atomic E-state index is 5.97. The Hall–Kier alpha value is -0.0979. The minimum Gasteiger partial charge on any atom is -0.449 e. The minimum atomic E-state index is -1.58. The Morgan fingerprint density at radius 1 is 0.733 bits per heavy atom. The molecule has 0 spiro atoms. The van der Waals surface area contributed by atoms with Crippen LogP contribution in [0.4, 0.5) is 0 Å². The molecule has 0 aromatic heterocycles. The van der Waals surface area contributed by atoms with Gasteiger partial charge in [-0.2, -0.15) is 0 Å². The third-order valence-electron chi connectivity index (χ3n) is 6.37. The summed E-state index contributed by atoms with van der Waals surface area (Å²) in [5, 5.41) is 0. The van der Waals surface area contributed by atoms with Crippen LogP contribution < -0.4 is 0 Å². The molecule has 30 heavy (non-hydrogen) atoms. The second-order valence-electron chi connectivity index (χ2n) is 9.77. The van der Waals surface area contributed by atoms with Gasteiger partial charge >= 0.3 is 0 Å². The molecule has 0 aromatic carbocycles. The third kappa shape index (κ3) is 10.0. The number of rotatable bonds is 6. The summed E-state index contributed by atoms with van der Waals surface area (Å²) >= 11 is 0. The summed E-state index contributed by atoms with van der Waals surface area (Å²) in [6.45, 7) is 17.3. The molecule has 3 nitrogen and oxygen atoms in total. The van der Waals surface area contributed by atoms with Gasteiger partial charge in [-0.15, -0.1) is 13.2 Å². The normalized spacial score (nSPS) is 20.5. The van der Waals surface area contributed by atoms with Crippen LogP contribution in [-0.4, -0.2) is 45.2 Å². The molecule has 3 rings (SSSR count). The van der Waals surface area contributed by atoms with Crippen LogP contribution in [0, 0.1) is 0 Å². The Balaban J connectivity index is 0.000000576. The Bertz CT molecular complexity index is 483. The molecule has 178 valence electrons. The zero-order valence-electron chi connectivity index (χ0n) is 19.3. The van der Waals surface area contributed by atoms with Crippen molar-refractivity contribution >= 4 is 16.6 Å². The predicted octanol–water partition coefficient (Wildman–Crippen LogP) is 7.20. The summed E-state index contributed by atoms with van der Waals surface area (Å²) in [4.78, 5) is 5.21. The Kier molecular flexibility index (Phi) is 14.1. The number of hydrogen-bond acceptors (Lipinski definition) is 3. The van der Waals surface area contributed by atoms with Gasteiger partial charge in [0.15, 0.2) is 16.6 Å². The first kappa shape index (κ1) is 29.9. The van der Waals surface area contributed by atoms with Gasteiger partial charge in [0.25, 0.3) is 0 Å². The van der Waals surface area contributed by atoms with Crippen molar-refractivity contribution in [1.82, 2.24) is 9.80 Å². The molecule has 1 aliphatic heterocycles. The van der Waals surface area contributed by atoms with Crippen molar-refractivity contribution in [3.63, 3.8) is 0 Å². The summed E-state index contributed by atoms with van der Waals surface area (Å²) in [5.74, 6) is 0. The monoisotopic (exact) mass is 631 g/mol. The molecular weight excluding hydrogens is 584 g/mol. The first-order valence-electron chi connectivity index (χ1n) is 11.4. The molecule has 0 saturated heterocycles. The average Bonchev–Trinajstić information content (AvgIpc) is 3.19. The summed E-state index contributed by atoms with van der Waals surface area (Å²) in [6, 6.07) is 1.68. The Morgan fingerprint density at radius 2 is 1.07 bits per heavy atom. The molecule has 1 heterocycles. The smallest absolute Gasteiger partial charge is 0.198 e. The van der Waals surface area contributed by atoms with E-state index in [0.717, 1.165) is 12.1 Å². The summed E-state index contributed by atoms with van der Waals surface area (Å²) in [7, 11) is -3.16. The van der Waals surface area contributed by atoms with Gasteiger partial charge < -0.3 is 13.9 Å². The molecule has 0 radical (unpaired) electrons. The molecule has 0 bridgehead atoms. The van der Waals surface area contributed by atoms with Gasteiger partial charge in [0.1, 0.15) is 0 Å². The van der Waals surface area contributed by atoms with E-state index in [-0.39, 0.29) is 28.5 Å².